The van der Waals surface area contributed by atoms with Gasteiger partial charge >= 0.3 is 0 Å². The topological polar surface area (TPSA) is 41.6 Å². The number of aromatic amines is 1. The molecule has 0 aliphatic heterocycles. The summed E-state index contributed by atoms with van der Waals surface area (Å²) >= 11 is 1.63. The first kappa shape index (κ1) is 8.31. The molecule has 0 aliphatic rings. The van der Waals surface area contributed by atoms with Crippen LogP contribution in [0.25, 0.3) is 11.3 Å². The number of hydrogen-bond acceptors (Lipinski definition) is 3. The lowest BCUT2D eigenvalue weighted by Crippen LogP contribution is -1.85. The van der Waals surface area contributed by atoms with Crippen molar-refractivity contribution in [1.82, 2.24) is 15.2 Å². The Morgan fingerprint density at radius 2 is 2.23 bits per heavy atom. The molecule has 0 fully saturated rings. The van der Waals surface area contributed by atoms with E-state index in [2.05, 4.69) is 15.2 Å². The second-order valence-electron chi connectivity index (χ2n) is 2.53. The highest BCUT2D eigenvalue weighted by Crippen LogP contribution is 2.25. The maximum absolute atomic E-state index is 4.27. The summed E-state index contributed by atoms with van der Waals surface area (Å²) in [5, 5.41) is 7.86. The molecule has 2 aromatic rings. The lowest BCUT2D eigenvalue weighted by Gasteiger charge is -2.01. The van der Waals surface area contributed by atoms with Crippen molar-refractivity contribution < 1.29 is 0 Å². The van der Waals surface area contributed by atoms with Crippen LogP contribution in [-0.4, -0.2) is 21.4 Å². The van der Waals surface area contributed by atoms with Crippen molar-refractivity contribution in [2.75, 3.05) is 6.26 Å². The van der Waals surface area contributed by atoms with Gasteiger partial charge in [0.1, 0.15) is 5.03 Å². The number of rotatable bonds is 2. The third-order valence-electron chi connectivity index (χ3n) is 1.76. The molecule has 0 amide bonds. The molecule has 0 aromatic carbocycles. The Balaban J connectivity index is 2.51. The molecule has 66 valence electrons. The quantitative estimate of drug-likeness (QED) is 0.740. The number of aromatic nitrogens is 3. The highest BCUT2D eigenvalue weighted by atomic mass is 32.2. The maximum Gasteiger partial charge on any atom is 0.105 e. The molecule has 0 radical (unpaired) electrons. The fraction of sp³-hybridized carbons (Fsp3) is 0.111. The summed E-state index contributed by atoms with van der Waals surface area (Å²) in [7, 11) is 0. The van der Waals surface area contributed by atoms with Crippen LogP contribution >= 0.6 is 11.8 Å². The number of hydrogen-bond donors (Lipinski definition) is 1. The summed E-state index contributed by atoms with van der Waals surface area (Å²) < 4.78 is 0. The first-order chi connectivity index (χ1) is 6.42. The smallest absolute Gasteiger partial charge is 0.105 e. The predicted molar refractivity (Wildman–Crippen MR) is 53.6 cm³/mol. The van der Waals surface area contributed by atoms with Crippen LogP contribution in [0.4, 0.5) is 0 Å². The highest BCUT2D eigenvalue weighted by molar-refractivity contribution is 7.98. The van der Waals surface area contributed by atoms with E-state index < -0.39 is 0 Å². The summed E-state index contributed by atoms with van der Waals surface area (Å²) in [5.41, 5.74) is 2.12. The van der Waals surface area contributed by atoms with Crippen LogP contribution in [0, 0.1) is 0 Å². The average Bonchev–Trinajstić information content (AvgIpc) is 2.70. The van der Waals surface area contributed by atoms with Crippen LogP contribution in [0.3, 0.4) is 0 Å². The van der Waals surface area contributed by atoms with Gasteiger partial charge in [0.15, 0.2) is 0 Å². The van der Waals surface area contributed by atoms with Crippen LogP contribution in [0.1, 0.15) is 0 Å². The molecule has 0 aliphatic carbocycles. The van der Waals surface area contributed by atoms with Gasteiger partial charge in [0.25, 0.3) is 0 Å². The second-order valence-corrected chi connectivity index (χ2v) is 3.33. The molecule has 0 saturated carbocycles. The van der Waals surface area contributed by atoms with E-state index in [0.717, 1.165) is 16.3 Å². The van der Waals surface area contributed by atoms with Crippen LogP contribution < -0.4 is 0 Å². The Morgan fingerprint density at radius 3 is 2.92 bits per heavy atom. The van der Waals surface area contributed by atoms with Crippen molar-refractivity contribution in [2.24, 2.45) is 0 Å². The molecule has 2 rings (SSSR count). The fourth-order valence-corrected chi connectivity index (χ4v) is 1.73. The second kappa shape index (κ2) is 3.62. The van der Waals surface area contributed by atoms with Crippen LogP contribution in [0.2, 0.25) is 0 Å². The molecule has 0 spiro atoms. The summed E-state index contributed by atoms with van der Waals surface area (Å²) in [6.45, 7) is 0. The number of pyridine rings is 1. The maximum atomic E-state index is 4.27. The summed E-state index contributed by atoms with van der Waals surface area (Å²) in [4.78, 5) is 4.27. The normalized spacial score (nSPS) is 10.2. The number of H-pyrrole nitrogens is 1. The summed E-state index contributed by atoms with van der Waals surface area (Å²) in [6, 6.07) is 5.90. The average molecular weight is 191 g/mol. The van der Waals surface area contributed by atoms with Gasteiger partial charge < -0.3 is 0 Å². The van der Waals surface area contributed by atoms with E-state index in [0.29, 0.717) is 0 Å². The van der Waals surface area contributed by atoms with Crippen molar-refractivity contribution in [3.8, 4) is 11.3 Å². The van der Waals surface area contributed by atoms with Crippen LogP contribution in [-0.2, 0) is 0 Å². The van der Waals surface area contributed by atoms with Crippen LogP contribution in [0.15, 0.2) is 35.6 Å². The Bertz CT molecular complexity index is 384. The molecule has 4 heteroatoms. The lowest BCUT2D eigenvalue weighted by atomic mass is 10.2. The van der Waals surface area contributed by atoms with Gasteiger partial charge in [-0.3, -0.25) is 5.10 Å². The van der Waals surface area contributed by atoms with E-state index >= 15 is 0 Å². The van der Waals surface area contributed by atoms with Gasteiger partial charge in [-0.05, 0) is 24.5 Å². The minimum Gasteiger partial charge on any atom is -0.278 e. The van der Waals surface area contributed by atoms with Crippen molar-refractivity contribution in [2.45, 2.75) is 5.03 Å². The lowest BCUT2D eigenvalue weighted by molar-refractivity contribution is 1.07. The number of thioether (sulfide) groups is 1. The van der Waals surface area contributed by atoms with Gasteiger partial charge in [-0.15, -0.1) is 11.8 Å². The van der Waals surface area contributed by atoms with Crippen LogP contribution in [0.5, 0.6) is 0 Å². The zero-order valence-electron chi connectivity index (χ0n) is 7.19. The minimum absolute atomic E-state index is 1.01. The number of nitrogens with zero attached hydrogens (tertiary/aromatic N) is 2. The van der Waals surface area contributed by atoms with Crippen molar-refractivity contribution >= 4 is 11.8 Å². The number of nitrogens with one attached hydrogen (secondary N) is 1. The monoisotopic (exact) mass is 191 g/mol. The summed E-state index contributed by atoms with van der Waals surface area (Å²) in [5.74, 6) is 0. The molecule has 0 saturated heterocycles. The standard InChI is InChI=1S/C9H9N3S/c1-13-9-7(3-2-5-10-9)8-4-6-11-12-8/h2-6H,1H3,(H,11,12). The largest absolute Gasteiger partial charge is 0.278 e. The SMILES string of the molecule is CSc1ncccc1-c1ccn[nH]1. The van der Waals surface area contributed by atoms with Gasteiger partial charge in [-0.2, -0.15) is 5.10 Å². The Labute approximate surface area is 80.6 Å². The predicted octanol–water partition coefficient (Wildman–Crippen LogP) is 2.19. The minimum atomic E-state index is 1.01. The van der Waals surface area contributed by atoms with Gasteiger partial charge in [0, 0.05) is 18.0 Å². The fourth-order valence-electron chi connectivity index (χ4n) is 1.16. The van der Waals surface area contributed by atoms with Crippen molar-refractivity contribution in [3.05, 3.63) is 30.6 Å². The molecule has 0 bridgehead atoms. The third kappa shape index (κ3) is 1.58. The van der Waals surface area contributed by atoms with E-state index in [1.54, 1.807) is 24.2 Å². The molecular weight excluding hydrogens is 182 g/mol. The molecule has 2 heterocycles. The zero-order chi connectivity index (χ0) is 9.10. The van der Waals surface area contributed by atoms with Gasteiger partial charge in [0.2, 0.25) is 0 Å². The van der Waals surface area contributed by atoms with E-state index in [-0.39, 0.29) is 0 Å². The molecule has 3 nitrogen and oxygen atoms in total. The van der Waals surface area contributed by atoms with E-state index in [4.69, 9.17) is 0 Å². The first-order valence-electron chi connectivity index (χ1n) is 3.90. The summed E-state index contributed by atoms with van der Waals surface area (Å²) in [6.07, 6.45) is 5.56. The van der Waals surface area contributed by atoms with Crippen molar-refractivity contribution in [1.29, 1.82) is 0 Å². The highest BCUT2D eigenvalue weighted by Gasteiger charge is 2.04. The molecule has 0 unspecified atom stereocenters. The molecule has 0 atom stereocenters. The third-order valence-corrected chi connectivity index (χ3v) is 2.47. The first-order valence-corrected chi connectivity index (χ1v) is 5.13. The molecule has 2 aromatic heterocycles. The zero-order valence-corrected chi connectivity index (χ0v) is 8.01. The van der Waals surface area contributed by atoms with Gasteiger partial charge in [0.05, 0.1) is 5.69 Å². The van der Waals surface area contributed by atoms with E-state index in [1.165, 1.54) is 0 Å². The van der Waals surface area contributed by atoms with E-state index in [9.17, 15) is 0 Å². The molecule has 13 heavy (non-hydrogen) atoms. The molecule has 1 N–H and O–H groups in total. The Morgan fingerprint density at radius 1 is 1.31 bits per heavy atom. The van der Waals surface area contributed by atoms with E-state index in [1.807, 2.05) is 24.5 Å². The van der Waals surface area contributed by atoms with Crippen molar-refractivity contribution in [3.63, 3.8) is 0 Å². The van der Waals surface area contributed by atoms with Gasteiger partial charge in [-0.25, -0.2) is 4.98 Å². The molecular formula is C9H9N3S. The Hall–Kier alpha value is -1.29. The Kier molecular flexibility index (Phi) is 2.31. The van der Waals surface area contributed by atoms with Gasteiger partial charge in [-0.1, -0.05) is 0 Å².